The summed E-state index contributed by atoms with van der Waals surface area (Å²) in [4.78, 5) is 0. The normalized spacial score (nSPS) is 14.8. The molecule has 1 aromatic rings. The van der Waals surface area contributed by atoms with E-state index in [1.165, 1.54) is 19.2 Å². The Bertz CT molecular complexity index is 335. The second kappa shape index (κ2) is 5.37. The van der Waals surface area contributed by atoms with Crippen molar-refractivity contribution in [3.8, 4) is 0 Å². The number of methoxy groups -OCH3 is 1. The third-order valence-electron chi connectivity index (χ3n) is 2.53. The van der Waals surface area contributed by atoms with Crippen molar-refractivity contribution in [3.63, 3.8) is 0 Å². The molecule has 4 heteroatoms. The van der Waals surface area contributed by atoms with Crippen molar-refractivity contribution in [2.24, 2.45) is 0 Å². The van der Waals surface area contributed by atoms with Gasteiger partial charge in [0.15, 0.2) is 0 Å². The first-order valence-corrected chi connectivity index (χ1v) is 5.15. The Morgan fingerprint density at radius 3 is 2.25 bits per heavy atom. The molecule has 0 saturated heterocycles. The number of aliphatic hydroxyl groups is 1. The van der Waals surface area contributed by atoms with Gasteiger partial charge in [0.25, 0.3) is 0 Å². The quantitative estimate of drug-likeness (QED) is 0.841. The lowest BCUT2D eigenvalue weighted by Crippen LogP contribution is -2.35. The van der Waals surface area contributed by atoms with Gasteiger partial charge >= 0.3 is 0 Å². The molecule has 0 saturated carbocycles. The highest BCUT2D eigenvalue weighted by Gasteiger charge is 2.25. The van der Waals surface area contributed by atoms with E-state index in [0.29, 0.717) is 12.0 Å². The number of hydrogen-bond donors (Lipinski definition) is 1. The highest BCUT2D eigenvalue weighted by atomic mass is 19.1. The molecule has 1 aromatic carbocycles. The molecule has 0 aromatic heterocycles. The summed E-state index contributed by atoms with van der Waals surface area (Å²) in [5.74, 6) is -1.27. The molecular formula is C12H16F2O2. The summed E-state index contributed by atoms with van der Waals surface area (Å²) in [5, 5.41) is 10.1. The summed E-state index contributed by atoms with van der Waals surface area (Å²) < 4.78 is 30.8. The Labute approximate surface area is 93.9 Å². The first kappa shape index (κ1) is 13.1. The third-order valence-corrected chi connectivity index (χ3v) is 2.53. The maximum Gasteiger partial charge on any atom is 0.126 e. The second-order valence-corrected chi connectivity index (χ2v) is 3.97. The highest BCUT2D eigenvalue weighted by Crippen LogP contribution is 2.19. The summed E-state index contributed by atoms with van der Waals surface area (Å²) in [7, 11) is 1.48. The van der Waals surface area contributed by atoms with Crippen LogP contribution in [0.25, 0.3) is 0 Å². The molecule has 16 heavy (non-hydrogen) atoms. The van der Waals surface area contributed by atoms with Crippen molar-refractivity contribution < 1.29 is 18.6 Å². The second-order valence-electron chi connectivity index (χ2n) is 3.97. The average molecular weight is 230 g/mol. The standard InChI is InChI=1S/C12H16F2O2/c1-3-12(15,8-16-2)7-9-4-10(13)6-11(14)5-9/h4-6,15H,3,7-8H2,1-2H3. The van der Waals surface area contributed by atoms with Gasteiger partial charge < -0.3 is 9.84 Å². The summed E-state index contributed by atoms with van der Waals surface area (Å²) in [5.41, 5.74) is -0.645. The fraction of sp³-hybridized carbons (Fsp3) is 0.500. The Kier molecular flexibility index (Phi) is 4.38. The van der Waals surface area contributed by atoms with E-state index in [2.05, 4.69) is 0 Å². The molecule has 0 fully saturated rings. The zero-order valence-electron chi connectivity index (χ0n) is 9.46. The minimum absolute atomic E-state index is 0.141. The van der Waals surface area contributed by atoms with Gasteiger partial charge in [0, 0.05) is 19.6 Å². The summed E-state index contributed by atoms with van der Waals surface area (Å²) in [6.45, 7) is 1.94. The fourth-order valence-electron chi connectivity index (χ4n) is 1.64. The predicted molar refractivity (Wildman–Crippen MR) is 57.2 cm³/mol. The topological polar surface area (TPSA) is 29.5 Å². The van der Waals surface area contributed by atoms with Gasteiger partial charge in [-0.3, -0.25) is 0 Å². The van der Waals surface area contributed by atoms with Crippen molar-refractivity contribution >= 4 is 0 Å². The molecular weight excluding hydrogens is 214 g/mol. The van der Waals surface area contributed by atoms with E-state index in [1.807, 2.05) is 0 Å². The number of benzene rings is 1. The summed E-state index contributed by atoms with van der Waals surface area (Å²) in [6.07, 6.45) is 0.630. The zero-order chi connectivity index (χ0) is 12.2. The molecule has 0 bridgehead atoms. The SMILES string of the molecule is CCC(O)(COC)Cc1cc(F)cc(F)c1. The Hall–Kier alpha value is -1.00. The zero-order valence-corrected chi connectivity index (χ0v) is 9.46. The minimum atomic E-state index is -1.07. The van der Waals surface area contributed by atoms with Crippen LogP contribution in [0.3, 0.4) is 0 Å². The van der Waals surface area contributed by atoms with Crippen LogP contribution in [0.1, 0.15) is 18.9 Å². The molecule has 0 heterocycles. The number of rotatable bonds is 5. The highest BCUT2D eigenvalue weighted by molar-refractivity contribution is 5.19. The van der Waals surface area contributed by atoms with Gasteiger partial charge in [-0.05, 0) is 24.1 Å². The van der Waals surface area contributed by atoms with Gasteiger partial charge in [0.2, 0.25) is 0 Å². The van der Waals surface area contributed by atoms with Crippen molar-refractivity contribution in [2.45, 2.75) is 25.4 Å². The molecule has 1 rings (SSSR count). The van der Waals surface area contributed by atoms with Crippen LogP contribution < -0.4 is 0 Å². The number of ether oxygens (including phenoxy) is 1. The van der Waals surface area contributed by atoms with E-state index in [9.17, 15) is 13.9 Å². The maximum absolute atomic E-state index is 12.9. The first-order chi connectivity index (χ1) is 7.49. The van der Waals surface area contributed by atoms with Gasteiger partial charge in [-0.2, -0.15) is 0 Å². The molecule has 0 aliphatic rings. The van der Waals surface area contributed by atoms with E-state index in [4.69, 9.17) is 4.74 Å². The number of halogens is 2. The van der Waals surface area contributed by atoms with Crippen LogP contribution in [-0.2, 0) is 11.2 Å². The van der Waals surface area contributed by atoms with Crippen molar-refractivity contribution in [3.05, 3.63) is 35.4 Å². The van der Waals surface area contributed by atoms with Crippen LogP contribution in [-0.4, -0.2) is 24.4 Å². The van der Waals surface area contributed by atoms with Crippen LogP contribution in [0.15, 0.2) is 18.2 Å². The molecule has 1 N–H and O–H groups in total. The summed E-state index contributed by atoms with van der Waals surface area (Å²) >= 11 is 0. The Balaban J connectivity index is 2.85. The number of hydrogen-bond acceptors (Lipinski definition) is 2. The van der Waals surface area contributed by atoms with Gasteiger partial charge in [0.05, 0.1) is 12.2 Å². The van der Waals surface area contributed by atoms with Crippen LogP contribution in [0.4, 0.5) is 8.78 Å². The van der Waals surface area contributed by atoms with Crippen LogP contribution in [0.5, 0.6) is 0 Å². The van der Waals surface area contributed by atoms with E-state index in [1.54, 1.807) is 6.92 Å². The smallest absolute Gasteiger partial charge is 0.126 e. The largest absolute Gasteiger partial charge is 0.387 e. The van der Waals surface area contributed by atoms with Crippen LogP contribution in [0.2, 0.25) is 0 Å². The molecule has 0 aliphatic heterocycles. The van der Waals surface area contributed by atoms with E-state index in [0.717, 1.165) is 6.07 Å². The Morgan fingerprint density at radius 1 is 1.25 bits per heavy atom. The molecule has 1 unspecified atom stereocenters. The molecule has 0 spiro atoms. The molecule has 1 atom stereocenters. The van der Waals surface area contributed by atoms with Crippen LogP contribution >= 0.6 is 0 Å². The van der Waals surface area contributed by atoms with Crippen molar-refractivity contribution in [2.75, 3.05) is 13.7 Å². The van der Waals surface area contributed by atoms with E-state index in [-0.39, 0.29) is 13.0 Å². The van der Waals surface area contributed by atoms with E-state index < -0.39 is 17.2 Å². The first-order valence-electron chi connectivity index (χ1n) is 5.15. The van der Waals surface area contributed by atoms with Gasteiger partial charge in [0.1, 0.15) is 11.6 Å². The molecule has 2 nitrogen and oxygen atoms in total. The van der Waals surface area contributed by atoms with Crippen molar-refractivity contribution in [1.82, 2.24) is 0 Å². The lowest BCUT2D eigenvalue weighted by Gasteiger charge is -2.25. The van der Waals surface area contributed by atoms with Gasteiger partial charge in [-0.25, -0.2) is 8.78 Å². The van der Waals surface area contributed by atoms with Crippen molar-refractivity contribution in [1.29, 1.82) is 0 Å². The minimum Gasteiger partial charge on any atom is -0.387 e. The monoisotopic (exact) mass is 230 g/mol. The predicted octanol–water partition coefficient (Wildman–Crippen LogP) is 2.29. The average Bonchev–Trinajstić information content (AvgIpc) is 2.16. The summed E-state index contributed by atoms with van der Waals surface area (Å²) in [6, 6.07) is 3.25. The van der Waals surface area contributed by atoms with Gasteiger partial charge in [-0.1, -0.05) is 6.92 Å². The Morgan fingerprint density at radius 2 is 1.81 bits per heavy atom. The maximum atomic E-state index is 12.9. The molecule has 0 radical (unpaired) electrons. The van der Waals surface area contributed by atoms with Gasteiger partial charge in [-0.15, -0.1) is 0 Å². The molecule has 90 valence electrons. The van der Waals surface area contributed by atoms with Crippen LogP contribution in [0, 0.1) is 11.6 Å². The lowest BCUT2D eigenvalue weighted by atomic mass is 9.92. The molecule has 0 aliphatic carbocycles. The third kappa shape index (κ3) is 3.54. The van der Waals surface area contributed by atoms with E-state index >= 15 is 0 Å². The molecule has 0 amide bonds. The lowest BCUT2D eigenvalue weighted by molar-refractivity contribution is -0.0333. The fourth-order valence-corrected chi connectivity index (χ4v) is 1.64.